The van der Waals surface area contributed by atoms with Crippen molar-refractivity contribution < 1.29 is 19.5 Å². The molecular weight excluding hydrogens is 260 g/mol. The third-order valence-corrected chi connectivity index (χ3v) is 3.75. The van der Waals surface area contributed by atoms with Gasteiger partial charge in [-0.2, -0.15) is 0 Å². The van der Waals surface area contributed by atoms with Gasteiger partial charge in [-0.05, 0) is 18.8 Å². The maximum absolute atomic E-state index is 9.47. The minimum Gasteiger partial charge on any atom is -0.483 e. The zero-order chi connectivity index (χ0) is 15.1. The quantitative estimate of drug-likeness (QED) is 0.827. The summed E-state index contributed by atoms with van der Waals surface area (Å²) in [4.78, 5) is 10.5. The zero-order valence-electron chi connectivity index (χ0n) is 12.3. The van der Waals surface area contributed by atoms with Crippen LogP contribution in [0.2, 0.25) is 0 Å². The molecule has 0 saturated carbocycles. The molecule has 0 spiro atoms. The molecule has 2 heterocycles. The van der Waals surface area contributed by atoms with E-state index in [-0.39, 0.29) is 12.6 Å². The normalized spacial score (nSPS) is 17.6. The highest BCUT2D eigenvalue weighted by Gasteiger charge is 2.22. The highest BCUT2D eigenvalue weighted by Crippen LogP contribution is 2.28. The van der Waals surface area contributed by atoms with Gasteiger partial charge in [0.05, 0.1) is 6.10 Å². The number of anilines is 1. The third-order valence-electron chi connectivity index (χ3n) is 3.75. The monoisotopic (exact) mass is 284 g/mol. The van der Waals surface area contributed by atoms with Gasteiger partial charge in [0.1, 0.15) is 5.76 Å². The van der Waals surface area contributed by atoms with Gasteiger partial charge in [0.15, 0.2) is 5.82 Å². The van der Waals surface area contributed by atoms with Crippen LogP contribution >= 0.6 is 0 Å². The van der Waals surface area contributed by atoms with Gasteiger partial charge in [-0.1, -0.05) is 25.9 Å². The van der Waals surface area contributed by atoms with Gasteiger partial charge >= 0.3 is 0 Å². The Bertz CT molecular complexity index is 398. The maximum atomic E-state index is 9.47. The SMILES string of the molecule is CC(C)C(C)c1cc(N2CCC(O)CC2)no1.O=CO. The van der Waals surface area contributed by atoms with Crippen molar-refractivity contribution in [2.24, 2.45) is 5.92 Å². The predicted octanol–water partition coefficient (Wildman–Crippen LogP) is 2.10. The van der Waals surface area contributed by atoms with Crippen LogP contribution in [0, 0.1) is 5.92 Å². The smallest absolute Gasteiger partial charge is 0.290 e. The minimum atomic E-state index is -0.250. The Labute approximate surface area is 119 Å². The largest absolute Gasteiger partial charge is 0.483 e. The number of hydrogen-bond donors (Lipinski definition) is 2. The molecule has 114 valence electrons. The van der Waals surface area contributed by atoms with Gasteiger partial charge in [0, 0.05) is 25.1 Å². The van der Waals surface area contributed by atoms with Crippen molar-refractivity contribution >= 4 is 12.3 Å². The summed E-state index contributed by atoms with van der Waals surface area (Å²) in [6, 6.07) is 2.04. The highest BCUT2D eigenvalue weighted by atomic mass is 16.5. The van der Waals surface area contributed by atoms with E-state index in [0.717, 1.165) is 37.5 Å². The summed E-state index contributed by atoms with van der Waals surface area (Å²) in [6.07, 6.45) is 1.50. The van der Waals surface area contributed by atoms with Gasteiger partial charge in [0.25, 0.3) is 6.47 Å². The second-order valence-corrected chi connectivity index (χ2v) is 5.44. The van der Waals surface area contributed by atoms with E-state index in [0.29, 0.717) is 11.8 Å². The molecule has 0 aromatic carbocycles. The summed E-state index contributed by atoms with van der Waals surface area (Å²) in [6.45, 7) is 8.01. The molecule has 0 radical (unpaired) electrons. The van der Waals surface area contributed by atoms with Crippen LogP contribution in [0.1, 0.15) is 45.3 Å². The molecule has 1 aromatic heterocycles. The van der Waals surface area contributed by atoms with Crippen LogP contribution in [0.5, 0.6) is 0 Å². The number of aliphatic hydroxyl groups excluding tert-OH is 1. The average Bonchev–Trinajstić information content (AvgIpc) is 2.89. The lowest BCUT2D eigenvalue weighted by molar-refractivity contribution is -0.122. The first-order chi connectivity index (χ1) is 9.49. The molecule has 1 fully saturated rings. The first-order valence-electron chi connectivity index (χ1n) is 6.97. The van der Waals surface area contributed by atoms with Crippen molar-refractivity contribution in [3.63, 3.8) is 0 Å². The highest BCUT2D eigenvalue weighted by molar-refractivity contribution is 5.39. The van der Waals surface area contributed by atoms with Crippen LogP contribution in [0.4, 0.5) is 5.82 Å². The second kappa shape index (κ2) is 7.89. The molecule has 2 N–H and O–H groups in total. The van der Waals surface area contributed by atoms with Crippen molar-refractivity contribution in [2.75, 3.05) is 18.0 Å². The predicted molar refractivity (Wildman–Crippen MR) is 75.9 cm³/mol. The molecule has 2 rings (SSSR count). The molecular formula is C14H24N2O4. The Kier molecular flexibility index (Phi) is 6.51. The Morgan fingerprint density at radius 2 is 1.95 bits per heavy atom. The zero-order valence-corrected chi connectivity index (χ0v) is 12.3. The van der Waals surface area contributed by atoms with Crippen LogP contribution in [-0.4, -0.2) is 41.0 Å². The van der Waals surface area contributed by atoms with E-state index >= 15 is 0 Å². The van der Waals surface area contributed by atoms with E-state index in [4.69, 9.17) is 14.4 Å². The van der Waals surface area contributed by atoms with Gasteiger partial charge in [0.2, 0.25) is 0 Å². The summed E-state index contributed by atoms with van der Waals surface area (Å²) in [5.74, 6) is 2.83. The average molecular weight is 284 g/mol. The number of aromatic nitrogens is 1. The summed E-state index contributed by atoms with van der Waals surface area (Å²) < 4.78 is 5.41. The second-order valence-electron chi connectivity index (χ2n) is 5.44. The fraction of sp³-hybridized carbons (Fsp3) is 0.714. The Balaban J connectivity index is 0.000000612. The van der Waals surface area contributed by atoms with Crippen LogP contribution in [0.25, 0.3) is 0 Å². The molecule has 1 aliphatic heterocycles. The van der Waals surface area contributed by atoms with Crippen molar-refractivity contribution in [1.29, 1.82) is 0 Å². The fourth-order valence-electron chi connectivity index (χ4n) is 2.07. The summed E-state index contributed by atoms with van der Waals surface area (Å²) in [7, 11) is 0. The molecule has 1 aromatic rings. The van der Waals surface area contributed by atoms with E-state index in [1.807, 2.05) is 6.07 Å². The van der Waals surface area contributed by atoms with Crippen LogP contribution in [0.3, 0.4) is 0 Å². The lowest BCUT2D eigenvalue weighted by Gasteiger charge is -2.28. The molecule has 0 aliphatic carbocycles. The van der Waals surface area contributed by atoms with Crippen molar-refractivity contribution in [2.45, 2.75) is 45.6 Å². The van der Waals surface area contributed by atoms with Gasteiger partial charge in [-0.25, -0.2) is 0 Å². The first-order valence-corrected chi connectivity index (χ1v) is 6.97. The fourth-order valence-corrected chi connectivity index (χ4v) is 2.07. The molecule has 20 heavy (non-hydrogen) atoms. The number of hydrogen-bond acceptors (Lipinski definition) is 5. The first kappa shape index (κ1) is 16.5. The molecule has 6 nitrogen and oxygen atoms in total. The van der Waals surface area contributed by atoms with E-state index in [1.54, 1.807) is 0 Å². The van der Waals surface area contributed by atoms with E-state index in [1.165, 1.54) is 0 Å². The number of carboxylic acid groups (broad SMARTS) is 1. The number of piperidine rings is 1. The molecule has 1 aliphatic rings. The van der Waals surface area contributed by atoms with E-state index in [2.05, 4.69) is 30.8 Å². The van der Waals surface area contributed by atoms with Gasteiger partial charge in [-0.15, -0.1) is 0 Å². The summed E-state index contributed by atoms with van der Waals surface area (Å²) >= 11 is 0. The van der Waals surface area contributed by atoms with Crippen molar-refractivity contribution in [1.82, 2.24) is 5.16 Å². The van der Waals surface area contributed by atoms with E-state index in [9.17, 15) is 5.11 Å². The molecule has 0 amide bonds. The summed E-state index contributed by atoms with van der Waals surface area (Å²) in [5.41, 5.74) is 0. The van der Waals surface area contributed by atoms with Gasteiger partial charge in [-0.3, -0.25) is 4.79 Å². The van der Waals surface area contributed by atoms with Crippen LogP contribution < -0.4 is 4.90 Å². The van der Waals surface area contributed by atoms with Crippen LogP contribution in [-0.2, 0) is 4.79 Å². The number of nitrogens with zero attached hydrogens (tertiary/aromatic N) is 2. The number of rotatable bonds is 3. The van der Waals surface area contributed by atoms with Gasteiger partial charge < -0.3 is 19.6 Å². The number of carbonyl (C=O) groups is 1. The lowest BCUT2D eigenvalue weighted by Crippen LogP contribution is -2.35. The van der Waals surface area contributed by atoms with Crippen molar-refractivity contribution in [3.05, 3.63) is 11.8 Å². The lowest BCUT2D eigenvalue weighted by atomic mass is 9.95. The number of aliphatic hydroxyl groups is 1. The maximum Gasteiger partial charge on any atom is 0.290 e. The molecule has 0 bridgehead atoms. The molecule has 1 atom stereocenters. The summed E-state index contributed by atoms with van der Waals surface area (Å²) in [5, 5.41) is 20.5. The molecule has 6 heteroatoms. The Morgan fingerprint density at radius 3 is 2.45 bits per heavy atom. The Hall–Kier alpha value is -1.56. The van der Waals surface area contributed by atoms with Crippen molar-refractivity contribution in [3.8, 4) is 0 Å². The Morgan fingerprint density at radius 1 is 1.40 bits per heavy atom. The molecule has 1 saturated heterocycles. The third kappa shape index (κ3) is 4.52. The minimum absolute atomic E-state index is 0.146. The topological polar surface area (TPSA) is 86.8 Å². The van der Waals surface area contributed by atoms with E-state index < -0.39 is 0 Å². The van der Waals surface area contributed by atoms with Crippen LogP contribution in [0.15, 0.2) is 10.6 Å². The molecule has 1 unspecified atom stereocenters. The standard InChI is InChI=1S/C13H22N2O2.CH2O2/c1-9(2)10(3)12-8-13(14-17-12)15-6-4-11(16)5-7-15;2-1-3/h8-11,16H,4-7H2,1-3H3;1H,(H,2,3).